The van der Waals surface area contributed by atoms with Crippen LogP contribution in [0.3, 0.4) is 0 Å². The lowest BCUT2D eigenvalue weighted by molar-refractivity contribution is -0.137. The molecule has 0 radical (unpaired) electrons. The number of aromatic nitrogens is 1. The average Bonchev–Trinajstić information content (AvgIpc) is 3.60. The van der Waals surface area contributed by atoms with Gasteiger partial charge < -0.3 is 15.0 Å². The minimum atomic E-state index is -4.49. The molecule has 230 valence electrons. The van der Waals surface area contributed by atoms with E-state index < -0.39 is 23.8 Å². The molecule has 3 heterocycles. The van der Waals surface area contributed by atoms with E-state index >= 15 is 0 Å². The molecule has 2 aliphatic heterocycles. The van der Waals surface area contributed by atoms with Gasteiger partial charge in [0.2, 0.25) is 0 Å². The van der Waals surface area contributed by atoms with Crippen molar-refractivity contribution < 1.29 is 22.7 Å². The number of amides is 2. The Morgan fingerprint density at radius 3 is 2.52 bits per heavy atom. The van der Waals surface area contributed by atoms with Crippen molar-refractivity contribution in [2.75, 3.05) is 26.2 Å². The molecule has 1 aromatic heterocycles. The van der Waals surface area contributed by atoms with Crippen molar-refractivity contribution in [3.8, 4) is 5.75 Å². The molecule has 2 N–H and O–H groups in total. The number of alkyl halides is 3. The summed E-state index contributed by atoms with van der Waals surface area (Å²) >= 11 is 3.56. The number of nitrogens with two attached hydrogens (primary N) is 1. The minimum absolute atomic E-state index is 0.222. The number of ether oxygens (including phenoxy) is 1. The number of urea groups is 1. The molecule has 7 nitrogen and oxygen atoms in total. The Bertz CT molecular complexity index is 1680. The fraction of sp³-hybridized carbons (Fsp3) is 0.333. The first-order chi connectivity index (χ1) is 21.2. The van der Waals surface area contributed by atoms with Gasteiger partial charge in [0.15, 0.2) is 0 Å². The van der Waals surface area contributed by atoms with Gasteiger partial charge in [-0.3, -0.25) is 4.90 Å². The maximum atomic E-state index is 13.4. The third kappa shape index (κ3) is 6.63. The number of fused-ring (bicyclic) bond motifs is 1. The van der Waals surface area contributed by atoms with Crippen LogP contribution in [-0.2, 0) is 12.7 Å². The van der Waals surface area contributed by atoms with Crippen LogP contribution < -0.4 is 10.5 Å². The Morgan fingerprint density at radius 1 is 1.02 bits per heavy atom. The van der Waals surface area contributed by atoms with Gasteiger partial charge in [0.05, 0.1) is 17.3 Å². The molecule has 44 heavy (non-hydrogen) atoms. The molecular weight excluding hydrogens is 635 g/mol. The molecule has 0 bridgehead atoms. The Labute approximate surface area is 262 Å². The largest absolute Gasteiger partial charge is 0.492 e. The number of hydrogen-bond acceptors (Lipinski definition) is 4. The summed E-state index contributed by atoms with van der Waals surface area (Å²) in [5.74, 6) is 0.829. The van der Waals surface area contributed by atoms with E-state index in [1.54, 1.807) is 6.07 Å². The van der Waals surface area contributed by atoms with Crippen LogP contribution in [0.1, 0.15) is 54.0 Å². The summed E-state index contributed by atoms with van der Waals surface area (Å²) in [6.45, 7) is 4.43. The molecule has 1 unspecified atom stereocenters. The predicted molar refractivity (Wildman–Crippen MR) is 168 cm³/mol. The number of hydrogen-bond donors (Lipinski definition) is 1. The summed E-state index contributed by atoms with van der Waals surface area (Å²) in [6.07, 6.45) is 1.53. The first-order valence-electron chi connectivity index (χ1n) is 14.7. The highest BCUT2D eigenvalue weighted by atomic mass is 79.9. The van der Waals surface area contributed by atoms with Crippen LogP contribution in [0.25, 0.3) is 10.9 Å². The lowest BCUT2D eigenvalue weighted by Gasteiger charge is -2.26. The Balaban J connectivity index is 1.23. The van der Waals surface area contributed by atoms with Crippen LogP contribution in [0.5, 0.6) is 5.75 Å². The molecule has 2 aliphatic rings. The molecule has 3 aromatic carbocycles. The van der Waals surface area contributed by atoms with Crippen molar-refractivity contribution in [3.63, 3.8) is 0 Å². The Morgan fingerprint density at radius 2 is 1.80 bits per heavy atom. The number of halogens is 4. The van der Waals surface area contributed by atoms with Crippen molar-refractivity contribution >= 4 is 38.6 Å². The molecule has 1 fully saturated rings. The molecule has 0 saturated carbocycles. The van der Waals surface area contributed by atoms with Crippen LogP contribution in [0.4, 0.5) is 18.0 Å². The van der Waals surface area contributed by atoms with Crippen LogP contribution in [0, 0.1) is 0 Å². The van der Waals surface area contributed by atoms with Gasteiger partial charge in [0.25, 0.3) is 0 Å². The normalized spacial score (nSPS) is 17.7. The molecule has 6 rings (SSSR count). The monoisotopic (exact) mass is 667 g/mol. The minimum Gasteiger partial charge on any atom is -0.492 e. The van der Waals surface area contributed by atoms with Gasteiger partial charge in [-0.15, -0.1) is 0 Å². The van der Waals surface area contributed by atoms with E-state index in [1.165, 1.54) is 30.3 Å². The number of primary amides is 1. The lowest BCUT2D eigenvalue weighted by atomic mass is 9.97. The van der Waals surface area contributed by atoms with E-state index in [0.717, 1.165) is 64.0 Å². The van der Waals surface area contributed by atoms with E-state index in [9.17, 15) is 18.0 Å². The SMILES string of the molecule is NC(=O)N1N=C(c2cccc(C(F)(F)F)c2)CC1c1cn(Cc2ccc(OCCN3CCCCC3)cc2)c2ccc(Br)cc12. The van der Waals surface area contributed by atoms with Crippen molar-refractivity contribution in [1.29, 1.82) is 0 Å². The second-order valence-electron chi connectivity index (χ2n) is 11.3. The highest BCUT2D eigenvalue weighted by Gasteiger charge is 2.36. The number of nitrogens with zero attached hydrogens (tertiary/aromatic N) is 4. The van der Waals surface area contributed by atoms with Crippen molar-refractivity contribution in [2.24, 2.45) is 10.8 Å². The average molecular weight is 669 g/mol. The van der Waals surface area contributed by atoms with Crippen LogP contribution in [0.15, 0.2) is 82.5 Å². The highest BCUT2D eigenvalue weighted by Crippen LogP contribution is 2.39. The van der Waals surface area contributed by atoms with E-state index in [0.29, 0.717) is 24.4 Å². The predicted octanol–water partition coefficient (Wildman–Crippen LogP) is 7.57. The fourth-order valence-corrected chi connectivity index (χ4v) is 6.42. The molecule has 0 spiro atoms. The molecule has 0 aliphatic carbocycles. The zero-order valence-corrected chi connectivity index (χ0v) is 25.7. The Hall–Kier alpha value is -3.83. The smallest absolute Gasteiger partial charge is 0.416 e. The van der Waals surface area contributed by atoms with Crippen LogP contribution >= 0.6 is 15.9 Å². The number of benzene rings is 3. The first-order valence-corrected chi connectivity index (χ1v) is 15.5. The van der Waals surface area contributed by atoms with Gasteiger partial charge in [-0.2, -0.15) is 18.3 Å². The quantitative estimate of drug-likeness (QED) is 0.211. The van der Waals surface area contributed by atoms with Gasteiger partial charge >= 0.3 is 12.2 Å². The van der Waals surface area contributed by atoms with E-state index in [-0.39, 0.29) is 6.42 Å². The summed E-state index contributed by atoms with van der Waals surface area (Å²) in [4.78, 5) is 15.0. The van der Waals surface area contributed by atoms with Crippen LogP contribution in [-0.4, -0.2) is 52.5 Å². The summed E-state index contributed by atoms with van der Waals surface area (Å²) in [7, 11) is 0. The first kappa shape index (κ1) is 30.2. The zero-order valence-electron chi connectivity index (χ0n) is 24.1. The maximum absolute atomic E-state index is 13.4. The lowest BCUT2D eigenvalue weighted by Crippen LogP contribution is -2.33. The number of rotatable bonds is 8. The summed E-state index contributed by atoms with van der Waals surface area (Å²) in [6, 6.07) is 17.6. The van der Waals surface area contributed by atoms with E-state index in [1.807, 2.05) is 48.7 Å². The third-order valence-corrected chi connectivity index (χ3v) is 8.79. The van der Waals surface area contributed by atoms with Gasteiger partial charge in [-0.05, 0) is 79.5 Å². The molecule has 1 atom stereocenters. The van der Waals surface area contributed by atoms with E-state index in [2.05, 4.69) is 30.5 Å². The molecule has 11 heteroatoms. The number of carbonyl (C=O) groups is 1. The Kier molecular flexibility index (Phi) is 8.68. The molecule has 1 saturated heterocycles. The van der Waals surface area contributed by atoms with Crippen molar-refractivity contribution in [3.05, 3.63) is 99.7 Å². The molecular formula is C33H33BrF3N5O2. The zero-order chi connectivity index (χ0) is 30.8. The number of likely N-dealkylation sites (tertiary alicyclic amines) is 1. The number of hydrazone groups is 1. The maximum Gasteiger partial charge on any atom is 0.416 e. The van der Waals surface area contributed by atoms with Crippen molar-refractivity contribution in [1.82, 2.24) is 14.5 Å². The number of piperidine rings is 1. The third-order valence-electron chi connectivity index (χ3n) is 8.29. The summed E-state index contributed by atoms with van der Waals surface area (Å²) < 4.78 is 49.2. The van der Waals surface area contributed by atoms with Gasteiger partial charge in [-0.25, -0.2) is 9.80 Å². The van der Waals surface area contributed by atoms with Gasteiger partial charge in [0, 0.05) is 46.6 Å². The van der Waals surface area contributed by atoms with Gasteiger partial charge in [-0.1, -0.05) is 46.6 Å². The van der Waals surface area contributed by atoms with Crippen molar-refractivity contribution in [2.45, 2.75) is 44.4 Å². The second-order valence-corrected chi connectivity index (χ2v) is 12.2. The molecule has 4 aromatic rings. The standard InChI is InChI=1S/C33H33BrF3N5O2/c34-25-9-12-30-27(18-25)28(31-19-29(39-42(31)32(38)43)23-5-4-6-24(17-23)33(35,36)37)21-41(30)20-22-7-10-26(11-8-22)44-16-15-40-13-2-1-3-14-40/h4-12,17-18,21,31H,1-3,13-16,19-20H2,(H2,38,43). The highest BCUT2D eigenvalue weighted by molar-refractivity contribution is 9.10. The van der Waals surface area contributed by atoms with Crippen LogP contribution in [0.2, 0.25) is 0 Å². The fourth-order valence-electron chi connectivity index (χ4n) is 6.06. The number of carbonyl (C=O) groups excluding carboxylic acids is 1. The molecule has 2 amide bonds. The second kappa shape index (κ2) is 12.6. The van der Waals surface area contributed by atoms with Gasteiger partial charge in [0.1, 0.15) is 12.4 Å². The summed E-state index contributed by atoms with van der Waals surface area (Å²) in [5.41, 5.74) is 8.45. The topological polar surface area (TPSA) is 76.1 Å². The summed E-state index contributed by atoms with van der Waals surface area (Å²) in [5, 5.41) is 6.46. The van der Waals surface area contributed by atoms with E-state index in [4.69, 9.17) is 10.5 Å².